The number of H-pyrrole nitrogens is 1. The van der Waals surface area contributed by atoms with Crippen molar-refractivity contribution < 1.29 is 0 Å². The van der Waals surface area contributed by atoms with Crippen molar-refractivity contribution in [3.8, 4) is 0 Å². The summed E-state index contributed by atoms with van der Waals surface area (Å²) in [5, 5.41) is 1.43. The number of nitrogens with two attached hydrogens (primary N) is 1. The zero-order valence-electron chi connectivity index (χ0n) is 10.8. The molecule has 0 bridgehead atoms. The Labute approximate surface area is 118 Å². The van der Waals surface area contributed by atoms with E-state index in [0.29, 0.717) is 11.2 Å². The fourth-order valence-electron chi connectivity index (χ4n) is 2.77. The van der Waals surface area contributed by atoms with Crippen molar-refractivity contribution in [2.45, 2.75) is 41.6 Å². The van der Waals surface area contributed by atoms with Crippen molar-refractivity contribution in [3.63, 3.8) is 0 Å². The monoisotopic (exact) mass is 273 g/mol. The molecular formula is C15H19N3S. The Balaban J connectivity index is 1.70. The van der Waals surface area contributed by atoms with Crippen LogP contribution >= 0.6 is 11.8 Å². The van der Waals surface area contributed by atoms with Crippen LogP contribution in [-0.2, 0) is 0 Å². The highest BCUT2D eigenvalue weighted by Gasteiger charge is 2.30. The molecule has 0 spiro atoms. The Morgan fingerprint density at radius 2 is 2.05 bits per heavy atom. The molecular weight excluding hydrogens is 254 g/mol. The van der Waals surface area contributed by atoms with Crippen LogP contribution in [0.4, 0.5) is 0 Å². The third-order valence-corrected chi connectivity index (χ3v) is 5.14. The van der Waals surface area contributed by atoms with Gasteiger partial charge in [0.25, 0.3) is 0 Å². The molecule has 3 N–H and O–H groups in total. The molecule has 0 saturated heterocycles. The number of aromatic amines is 1. The number of hydrogen-bond donors (Lipinski definition) is 2. The number of hydrogen-bond acceptors (Lipinski definition) is 3. The summed E-state index contributed by atoms with van der Waals surface area (Å²) in [7, 11) is 0. The molecule has 3 nitrogen and oxygen atoms in total. The van der Waals surface area contributed by atoms with E-state index in [1.54, 1.807) is 18.0 Å². The van der Waals surface area contributed by atoms with Gasteiger partial charge in [0.2, 0.25) is 0 Å². The van der Waals surface area contributed by atoms with E-state index < -0.39 is 0 Å². The summed E-state index contributed by atoms with van der Waals surface area (Å²) in [5.74, 6) is 0.633. The van der Waals surface area contributed by atoms with Crippen molar-refractivity contribution >= 4 is 11.8 Å². The predicted molar refractivity (Wildman–Crippen MR) is 79.2 cm³/mol. The van der Waals surface area contributed by atoms with Crippen LogP contribution in [0.5, 0.6) is 0 Å². The Kier molecular flexibility index (Phi) is 3.89. The standard InChI is InChI=1S/C15H19N3S/c16-13-7-6-12(11-4-2-1-3-5-11)10-14(13)19-15-17-8-9-18-15/h1-5,8-9,12-14H,6-7,10,16H2,(H,17,18). The molecule has 1 aromatic heterocycles. The van der Waals surface area contributed by atoms with Gasteiger partial charge in [-0.15, -0.1) is 0 Å². The number of benzene rings is 1. The first-order chi connectivity index (χ1) is 9.33. The average Bonchev–Trinajstić information content (AvgIpc) is 2.95. The molecule has 1 saturated carbocycles. The van der Waals surface area contributed by atoms with Crippen LogP contribution in [0.25, 0.3) is 0 Å². The van der Waals surface area contributed by atoms with E-state index in [1.165, 1.54) is 12.0 Å². The van der Waals surface area contributed by atoms with Crippen LogP contribution in [0.3, 0.4) is 0 Å². The van der Waals surface area contributed by atoms with Crippen LogP contribution in [0.2, 0.25) is 0 Å². The van der Waals surface area contributed by atoms with Gasteiger partial charge in [0.1, 0.15) is 0 Å². The summed E-state index contributed by atoms with van der Waals surface area (Å²) in [6.45, 7) is 0. The maximum Gasteiger partial charge on any atom is 0.165 e. The lowest BCUT2D eigenvalue weighted by molar-refractivity contribution is 0.406. The van der Waals surface area contributed by atoms with Crippen LogP contribution < -0.4 is 5.73 Å². The van der Waals surface area contributed by atoms with E-state index >= 15 is 0 Å². The highest BCUT2D eigenvalue weighted by Crippen LogP contribution is 2.39. The number of nitrogens with one attached hydrogen (secondary N) is 1. The van der Waals surface area contributed by atoms with Crippen molar-refractivity contribution in [3.05, 3.63) is 48.3 Å². The Bertz CT molecular complexity index is 497. The van der Waals surface area contributed by atoms with E-state index in [9.17, 15) is 0 Å². The zero-order chi connectivity index (χ0) is 13.1. The van der Waals surface area contributed by atoms with Crippen molar-refractivity contribution in [2.75, 3.05) is 0 Å². The van der Waals surface area contributed by atoms with Crippen LogP contribution in [0.15, 0.2) is 47.9 Å². The molecule has 3 atom stereocenters. The van der Waals surface area contributed by atoms with Crippen LogP contribution in [0.1, 0.15) is 30.7 Å². The lowest BCUT2D eigenvalue weighted by atomic mass is 9.82. The first-order valence-electron chi connectivity index (χ1n) is 6.79. The van der Waals surface area contributed by atoms with E-state index in [2.05, 4.69) is 40.3 Å². The number of imidazole rings is 1. The second-order valence-corrected chi connectivity index (χ2v) is 6.36. The molecule has 4 heteroatoms. The van der Waals surface area contributed by atoms with Crippen LogP contribution in [-0.4, -0.2) is 21.3 Å². The summed E-state index contributed by atoms with van der Waals surface area (Å²) in [6.07, 6.45) is 7.09. The summed E-state index contributed by atoms with van der Waals surface area (Å²) in [5.41, 5.74) is 7.72. The first-order valence-corrected chi connectivity index (χ1v) is 7.67. The van der Waals surface area contributed by atoms with Gasteiger partial charge in [-0.25, -0.2) is 4.98 Å². The topological polar surface area (TPSA) is 54.7 Å². The molecule has 1 heterocycles. The first kappa shape index (κ1) is 12.8. The van der Waals surface area contributed by atoms with Gasteiger partial charge in [0.15, 0.2) is 5.16 Å². The van der Waals surface area contributed by atoms with Gasteiger partial charge < -0.3 is 10.7 Å². The molecule has 0 radical (unpaired) electrons. The maximum atomic E-state index is 6.27. The third kappa shape index (κ3) is 3.01. The minimum absolute atomic E-state index is 0.273. The molecule has 3 rings (SSSR count). The summed E-state index contributed by atoms with van der Waals surface area (Å²) in [4.78, 5) is 7.45. The Hall–Kier alpha value is -1.26. The maximum absolute atomic E-state index is 6.27. The zero-order valence-corrected chi connectivity index (χ0v) is 11.6. The minimum atomic E-state index is 0.273. The fraction of sp³-hybridized carbons (Fsp3) is 0.400. The molecule has 1 aliphatic carbocycles. The van der Waals surface area contributed by atoms with E-state index in [1.807, 2.05) is 6.20 Å². The summed E-state index contributed by atoms with van der Waals surface area (Å²) in [6, 6.07) is 11.1. The normalized spacial score (nSPS) is 27.3. The average molecular weight is 273 g/mol. The smallest absolute Gasteiger partial charge is 0.165 e. The van der Waals surface area contributed by atoms with Crippen molar-refractivity contribution in [1.82, 2.24) is 9.97 Å². The van der Waals surface area contributed by atoms with Crippen LogP contribution in [0, 0.1) is 0 Å². The highest BCUT2D eigenvalue weighted by atomic mass is 32.2. The van der Waals surface area contributed by atoms with Crippen molar-refractivity contribution in [1.29, 1.82) is 0 Å². The van der Waals surface area contributed by atoms with E-state index in [0.717, 1.165) is 18.0 Å². The fourth-order valence-corrected chi connectivity index (χ4v) is 3.96. The van der Waals surface area contributed by atoms with Gasteiger partial charge in [-0.3, -0.25) is 0 Å². The molecule has 1 aromatic carbocycles. The molecule has 0 aliphatic heterocycles. The quantitative estimate of drug-likeness (QED) is 0.903. The number of nitrogens with zero attached hydrogens (tertiary/aromatic N) is 1. The molecule has 2 aromatic rings. The lowest BCUT2D eigenvalue weighted by Crippen LogP contribution is -2.37. The van der Waals surface area contributed by atoms with Gasteiger partial charge >= 0.3 is 0 Å². The number of rotatable bonds is 3. The second kappa shape index (κ2) is 5.80. The predicted octanol–water partition coefficient (Wildman–Crippen LogP) is 3.17. The van der Waals surface area contributed by atoms with Crippen molar-refractivity contribution in [2.24, 2.45) is 5.73 Å². The minimum Gasteiger partial charge on any atom is -0.340 e. The number of aromatic nitrogens is 2. The third-order valence-electron chi connectivity index (χ3n) is 3.85. The Morgan fingerprint density at radius 3 is 2.79 bits per heavy atom. The summed E-state index contributed by atoms with van der Waals surface area (Å²) < 4.78 is 0. The van der Waals surface area contributed by atoms with Gasteiger partial charge in [-0.2, -0.15) is 0 Å². The lowest BCUT2D eigenvalue weighted by Gasteiger charge is -2.33. The molecule has 1 fully saturated rings. The molecule has 3 unspecified atom stereocenters. The number of thioether (sulfide) groups is 1. The van der Waals surface area contributed by atoms with Gasteiger partial charge in [-0.05, 0) is 30.7 Å². The molecule has 100 valence electrons. The van der Waals surface area contributed by atoms with Gasteiger partial charge in [0.05, 0.1) is 0 Å². The Morgan fingerprint density at radius 1 is 1.21 bits per heavy atom. The largest absolute Gasteiger partial charge is 0.340 e. The molecule has 1 aliphatic rings. The highest BCUT2D eigenvalue weighted by molar-refractivity contribution is 7.99. The SMILES string of the molecule is NC1CCC(c2ccccc2)CC1Sc1ncc[nH]1. The van der Waals surface area contributed by atoms with E-state index in [4.69, 9.17) is 5.73 Å². The van der Waals surface area contributed by atoms with Gasteiger partial charge in [-0.1, -0.05) is 42.1 Å². The molecule has 0 amide bonds. The molecule has 19 heavy (non-hydrogen) atoms. The second-order valence-electron chi connectivity index (χ2n) is 5.14. The van der Waals surface area contributed by atoms with E-state index in [-0.39, 0.29) is 6.04 Å². The van der Waals surface area contributed by atoms with Gasteiger partial charge in [0, 0.05) is 23.7 Å². The summed E-state index contributed by atoms with van der Waals surface area (Å²) >= 11 is 1.79.